The van der Waals surface area contributed by atoms with Crippen LogP contribution in [0.5, 0.6) is 11.5 Å². The molecule has 1 saturated carbocycles. The first-order chi connectivity index (χ1) is 11.0. The monoisotopic (exact) mass is 320 g/mol. The highest BCUT2D eigenvalue weighted by Crippen LogP contribution is 2.42. The lowest BCUT2D eigenvalue weighted by Gasteiger charge is -2.12. The zero-order valence-corrected chi connectivity index (χ0v) is 12.0. The zero-order chi connectivity index (χ0) is 16.6. The predicted octanol–water partition coefficient (Wildman–Crippen LogP) is 3.44. The molecule has 0 radical (unpaired) electrons. The van der Waals surface area contributed by atoms with Crippen LogP contribution in [0.1, 0.15) is 6.42 Å². The minimum atomic E-state index is -1.28. The number of benzene rings is 2. The van der Waals surface area contributed by atoms with Gasteiger partial charge in [-0.3, -0.25) is 4.79 Å². The van der Waals surface area contributed by atoms with Gasteiger partial charge in [-0.05, 0) is 18.1 Å². The molecule has 1 aliphatic rings. The Bertz CT molecular complexity index is 746. The Morgan fingerprint density at radius 2 is 1.91 bits per heavy atom. The van der Waals surface area contributed by atoms with Gasteiger partial charge in [0.2, 0.25) is 5.82 Å². The molecule has 2 unspecified atom stereocenters. The highest BCUT2D eigenvalue weighted by molar-refractivity contribution is 5.73. The SMILES string of the molecule is O=C(O)C1CC1COc1c(O)cc(-c2ccccc2)c(F)c1F. The number of phenolic OH excluding ortho intramolecular Hbond substituents is 1. The van der Waals surface area contributed by atoms with E-state index < -0.39 is 35.0 Å². The summed E-state index contributed by atoms with van der Waals surface area (Å²) in [6, 6.07) is 9.38. The molecule has 6 heteroatoms. The molecule has 120 valence electrons. The van der Waals surface area contributed by atoms with Gasteiger partial charge >= 0.3 is 5.97 Å². The zero-order valence-electron chi connectivity index (χ0n) is 12.0. The largest absolute Gasteiger partial charge is 0.504 e. The van der Waals surface area contributed by atoms with Gasteiger partial charge < -0.3 is 14.9 Å². The van der Waals surface area contributed by atoms with Crippen molar-refractivity contribution in [3.05, 3.63) is 48.0 Å². The van der Waals surface area contributed by atoms with Crippen LogP contribution in [0, 0.1) is 23.5 Å². The lowest BCUT2D eigenvalue weighted by atomic mass is 10.0. The van der Waals surface area contributed by atoms with Crippen LogP contribution in [0.3, 0.4) is 0 Å². The molecule has 4 nitrogen and oxygen atoms in total. The van der Waals surface area contributed by atoms with E-state index in [1.807, 2.05) is 0 Å². The summed E-state index contributed by atoms with van der Waals surface area (Å²) in [5.41, 5.74) is 0.363. The number of aromatic hydroxyl groups is 1. The summed E-state index contributed by atoms with van der Waals surface area (Å²) in [6.07, 6.45) is 0.433. The topological polar surface area (TPSA) is 66.8 Å². The first kappa shape index (κ1) is 15.3. The quantitative estimate of drug-likeness (QED) is 0.885. The third kappa shape index (κ3) is 2.97. The number of hydrogen-bond acceptors (Lipinski definition) is 3. The fraction of sp³-hybridized carbons (Fsp3) is 0.235. The molecule has 0 aromatic heterocycles. The Morgan fingerprint density at radius 3 is 2.52 bits per heavy atom. The average Bonchev–Trinajstić information content (AvgIpc) is 3.31. The van der Waals surface area contributed by atoms with Gasteiger partial charge in [-0.15, -0.1) is 0 Å². The number of hydrogen-bond donors (Lipinski definition) is 2. The summed E-state index contributed by atoms with van der Waals surface area (Å²) in [5.74, 6) is -5.20. The first-order valence-corrected chi connectivity index (χ1v) is 7.11. The van der Waals surface area contributed by atoms with Crippen LogP contribution in [0.25, 0.3) is 11.1 Å². The minimum absolute atomic E-state index is 0.0669. The molecule has 0 bridgehead atoms. The second kappa shape index (κ2) is 5.87. The van der Waals surface area contributed by atoms with Gasteiger partial charge in [-0.1, -0.05) is 30.3 Å². The number of carbonyl (C=O) groups is 1. The van der Waals surface area contributed by atoms with Crippen molar-refractivity contribution < 1.29 is 28.5 Å². The number of carboxylic acid groups (broad SMARTS) is 1. The summed E-state index contributed by atoms with van der Waals surface area (Å²) >= 11 is 0. The summed E-state index contributed by atoms with van der Waals surface area (Å²) < 4.78 is 33.5. The van der Waals surface area contributed by atoms with Crippen molar-refractivity contribution in [2.45, 2.75) is 6.42 Å². The molecule has 23 heavy (non-hydrogen) atoms. The molecule has 0 amide bonds. The maximum atomic E-state index is 14.2. The van der Waals surface area contributed by atoms with Gasteiger partial charge in [0.25, 0.3) is 0 Å². The fourth-order valence-electron chi connectivity index (χ4n) is 2.49. The van der Waals surface area contributed by atoms with Crippen LogP contribution in [0.4, 0.5) is 8.78 Å². The van der Waals surface area contributed by atoms with Crippen molar-refractivity contribution in [2.75, 3.05) is 6.61 Å². The van der Waals surface area contributed by atoms with E-state index in [1.54, 1.807) is 30.3 Å². The van der Waals surface area contributed by atoms with Gasteiger partial charge in [0.15, 0.2) is 17.3 Å². The third-order valence-corrected chi connectivity index (χ3v) is 3.91. The van der Waals surface area contributed by atoms with Crippen LogP contribution in [-0.4, -0.2) is 22.8 Å². The van der Waals surface area contributed by atoms with Crippen LogP contribution < -0.4 is 4.74 Å². The van der Waals surface area contributed by atoms with E-state index in [-0.39, 0.29) is 18.1 Å². The number of ether oxygens (including phenoxy) is 1. The van der Waals surface area contributed by atoms with Crippen molar-refractivity contribution >= 4 is 5.97 Å². The lowest BCUT2D eigenvalue weighted by molar-refractivity contribution is -0.138. The third-order valence-electron chi connectivity index (χ3n) is 3.91. The summed E-state index contributed by atoms with van der Waals surface area (Å²) in [7, 11) is 0. The molecule has 2 atom stereocenters. The maximum Gasteiger partial charge on any atom is 0.306 e. The number of carboxylic acids is 1. The number of phenols is 1. The fourth-order valence-corrected chi connectivity index (χ4v) is 2.49. The maximum absolute atomic E-state index is 14.2. The van der Waals surface area contributed by atoms with E-state index in [9.17, 15) is 18.7 Å². The minimum Gasteiger partial charge on any atom is -0.504 e. The van der Waals surface area contributed by atoms with Crippen molar-refractivity contribution in [3.63, 3.8) is 0 Å². The Labute approximate surface area is 131 Å². The number of halogens is 2. The van der Waals surface area contributed by atoms with E-state index in [4.69, 9.17) is 9.84 Å². The second-order valence-corrected chi connectivity index (χ2v) is 5.52. The van der Waals surface area contributed by atoms with Gasteiger partial charge in [0.05, 0.1) is 12.5 Å². The molecule has 0 spiro atoms. The van der Waals surface area contributed by atoms with Crippen molar-refractivity contribution in [3.8, 4) is 22.6 Å². The Morgan fingerprint density at radius 1 is 1.22 bits per heavy atom. The highest BCUT2D eigenvalue weighted by atomic mass is 19.2. The van der Waals surface area contributed by atoms with Crippen LogP contribution in [0.15, 0.2) is 36.4 Å². The summed E-state index contributed by atoms with van der Waals surface area (Å²) in [5, 5.41) is 18.7. The van der Waals surface area contributed by atoms with Crippen LogP contribution >= 0.6 is 0 Å². The van der Waals surface area contributed by atoms with Crippen molar-refractivity contribution in [1.29, 1.82) is 0 Å². The summed E-state index contributed by atoms with van der Waals surface area (Å²) in [6.45, 7) is -0.0778. The standard InChI is InChI=1S/C17H14F2O4/c18-14-11(9-4-2-1-3-5-9)7-13(20)16(15(14)19)23-8-10-6-12(10)17(21)22/h1-5,7,10,12,20H,6,8H2,(H,21,22). The molecule has 1 aliphatic carbocycles. The molecule has 1 fully saturated rings. The van der Waals surface area contributed by atoms with Gasteiger partial charge in [0, 0.05) is 11.5 Å². The first-order valence-electron chi connectivity index (χ1n) is 7.11. The molecule has 2 aromatic carbocycles. The Balaban J connectivity index is 1.83. The van der Waals surface area contributed by atoms with Crippen molar-refractivity contribution in [1.82, 2.24) is 0 Å². The molecule has 3 rings (SSSR count). The van der Waals surface area contributed by atoms with E-state index in [0.29, 0.717) is 12.0 Å². The van der Waals surface area contributed by atoms with Gasteiger partial charge in [-0.25, -0.2) is 4.39 Å². The number of aliphatic carboxylic acids is 1. The smallest absolute Gasteiger partial charge is 0.306 e. The van der Waals surface area contributed by atoms with Crippen LogP contribution in [-0.2, 0) is 4.79 Å². The van der Waals surface area contributed by atoms with Gasteiger partial charge in [0.1, 0.15) is 0 Å². The second-order valence-electron chi connectivity index (χ2n) is 5.52. The average molecular weight is 320 g/mol. The van der Waals surface area contributed by atoms with E-state index in [1.165, 1.54) is 0 Å². The van der Waals surface area contributed by atoms with Gasteiger partial charge in [-0.2, -0.15) is 4.39 Å². The molecule has 0 aliphatic heterocycles. The lowest BCUT2D eigenvalue weighted by Crippen LogP contribution is -2.08. The molecule has 0 heterocycles. The predicted molar refractivity (Wildman–Crippen MR) is 78.2 cm³/mol. The highest BCUT2D eigenvalue weighted by Gasteiger charge is 2.44. The van der Waals surface area contributed by atoms with E-state index in [0.717, 1.165) is 6.07 Å². The molecule has 2 aromatic rings. The molecular formula is C17H14F2O4. The normalized spacial score (nSPS) is 19.4. The number of rotatable bonds is 5. The molecule has 0 saturated heterocycles. The Hall–Kier alpha value is -2.63. The van der Waals surface area contributed by atoms with E-state index >= 15 is 0 Å². The van der Waals surface area contributed by atoms with Crippen molar-refractivity contribution in [2.24, 2.45) is 11.8 Å². The molecular weight excluding hydrogens is 306 g/mol. The van der Waals surface area contributed by atoms with Crippen LogP contribution in [0.2, 0.25) is 0 Å². The van der Waals surface area contributed by atoms with E-state index in [2.05, 4.69) is 0 Å². The molecule has 2 N–H and O–H groups in total. The summed E-state index contributed by atoms with van der Waals surface area (Å²) in [4.78, 5) is 10.7. The Kier molecular flexibility index (Phi) is 3.90.